The first-order valence-corrected chi connectivity index (χ1v) is 14.1. The quantitative estimate of drug-likeness (QED) is 0.391. The Morgan fingerprint density at radius 1 is 1.04 bits per heavy atom. The Morgan fingerprint density at radius 3 is 1.79 bits per heavy atom. The monoisotopic (exact) mass is 490 g/mol. The molecule has 1 aromatic carbocycles. The normalized spacial score (nSPS) is 12.5. The van der Waals surface area contributed by atoms with Gasteiger partial charge >= 0.3 is 24.8 Å². The molecule has 156 valence electrons. The number of halogens is 2. The average Bonchev–Trinajstić information content (AvgIpc) is 3.07. The second-order valence-corrected chi connectivity index (χ2v) is 14.2. The zero-order valence-corrected chi connectivity index (χ0v) is 24.0. The van der Waals surface area contributed by atoms with Crippen LogP contribution in [-0.2, 0) is 25.4 Å². The van der Waals surface area contributed by atoms with E-state index in [1.807, 2.05) is 6.92 Å². The van der Waals surface area contributed by atoms with E-state index in [0.29, 0.717) is 5.75 Å². The van der Waals surface area contributed by atoms with Crippen molar-refractivity contribution in [2.24, 2.45) is 0 Å². The number of hydrogen-bond donors (Lipinski definition) is 1. The summed E-state index contributed by atoms with van der Waals surface area (Å²) in [6, 6.07) is 0. The van der Waals surface area contributed by atoms with Crippen LogP contribution in [0.25, 0.3) is 0 Å². The summed E-state index contributed by atoms with van der Waals surface area (Å²) in [5.74, 6) is 0.375. The molecule has 0 saturated heterocycles. The molecule has 1 aliphatic carbocycles. The van der Waals surface area contributed by atoms with Gasteiger partial charge < -0.3 is 5.11 Å². The van der Waals surface area contributed by atoms with Gasteiger partial charge in [0.05, 0.1) is 10.2 Å². The van der Waals surface area contributed by atoms with Crippen molar-refractivity contribution in [2.75, 3.05) is 0 Å². The van der Waals surface area contributed by atoms with Gasteiger partial charge in [0.1, 0.15) is 5.75 Å². The van der Waals surface area contributed by atoms with E-state index < -0.39 is 8.07 Å². The molecule has 2 rings (SSSR count). The fourth-order valence-electron chi connectivity index (χ4n) is 3.00. The van der Waals surface area contributed by atoms with Crippen LogP contribution in [-0.4, -0.2) is 28.2 Å². The van der Waals surface area contributed by atoms with Crippen LogP contribution >= 0.6 is 24.8 Å². The predicted octanol–water partition coefficient (Wildman–Crippen LogP) is 5.77. The topological polar surface area (TPSA) is 20.2 Å². The standard InChI is InChI=1S/C13H19OSi.C8H13Si.CH2.2ClH.Ti/c1-7-8(2)10(13(4,5)6)12(15)11(14)9(7)3;1-9(2,3)8-6-4-5-7-8;;;;/h14H,1-6H3;4,6H,5H2,1-3H3;1H2;2*1H;/q;-1;;;;+1. The Hall–Kier alpha value is 0.0981. The minimum absolute atomic E-state index is 0. The van der Waals surface area contributed by atoms with E-state index in [4.69, 9.17) is 0 Å². The molecule has 0 fully saturated rings. The summed E-state index contributed by atoms with van der Waals surface area (Å²) in [6.07, 6.45) is 8.82. The molecule has 6 heteroatoms. The van der Waals surface area contributed by atoms with Gasteiger partial charge in [0.25, 0.3) is 0 Å². The molecule has 3 radical (unpaired) electrons. The molecule has 0 spiro atoms. The Labute approximate surface area is 201 Å². The average molecular weight is 491 g/mol. The molecule has 1 N–H and O–H groups in total. The predicted molar refractivity (Wildman–Crippen MR) is 132 cm³/mol. The maximum absolute atomic E-state index is 10.0. The number of allylic oxidation sites excluding steroid dienone is 4. The summed E-state index contributed by atoms with van der Waals surface area (Å²) < 4.78 is 0. The molecule has 28 heavy (non-hydrogen) atoms. The molecule has 1 nitrogen and oxygen atoms in total. The number of phenols is 1. The third-order valence-electron chi connectivity index (χ3n) is 4.59. The van der Waals surface area contributed by atoms with Gasteiger partial charge in [0.15, 0.2) is 0 Å². The molecule has 0 atom stereocenters. The Morgan fingerprint density at radius 2 is 1.50 bits per heavy atom. The molecule has 0 saturated carbocycles. The van der Waals surface area contributed by atoms with Gasteiger partial charge in [0, 0.05) is 8.07 Å². The summed E-state index contributed by atoms with van der Waals surface area (Å²) in [4.78, 5) is 3.25. The fraction of sp³-hybridized carbons (Fsp3) is 0.500. The second kappa shape index (κ2) is 13.4. The van der Waals surface area contributed by atoms with Crippen molar-refractivity contribution >= 4 is 53.1 Å². The molecule has 0 aliphatic heterocycles. The van der Waals surface area contributed by atoms with E-state index >= 15 is 0 Å². The molecule has 0 aromatic heterocycles. The Kier molecular flexibility index (Phi) is 15.7. The molecule has 1 aliphatic rings. The van der Waals surface area contributed by atoms with Crippen LogP contribution in [0.3, 0.4) is 0 Å². The van der Waals surface area contributed by atoms with Crippen molar-refractivity contribution < 1.29 is 25.1 Å². The third kappa shape index (κ3) is 8.85. The van der Waals surface area contributed by atoms with Crippen LogP contribution < -0.4 is 5.19 Å². The molecular weight excluding hydrogens is 455 g/mol. The van der Waals surface area contributed by atoms with Crippen molar-refractivity contribution in [3.63, 3.8) is 0 Å². The molecular formula is C22H36Cl2OSi2Ti. The van der Waals surface area contributed by atoms with Crippen LogP contribution in [0, 0.1) is 26.8 Å². The summed E-state index contributed by atoms with van der Waals surface area (Å²) in [7, 11) is 2.55. The van der Waals surface area contributed by atoms with Crippen molar-refractivity contribution in [3.05, 3.63) is 45.7 Å². The number of phenolic OH excluding ortho intramolecular Hbond substituents is 1. The van der Waals surface area contributed by atoms with Gasteiger partial charge in [-0.1, -0.05) is 40.4 Å². The van der Waals surface area contributed by atoms with Crippen LogP contribution in [0.1, 0.15) is 49.4 Å². The summed E-state index contributed by atoms with van der Waals surface area (Å²) in [6.45, 7) is 19.7. The second-order valence-electron chi connectivity index (χ2n) is 8.67. The van der Waals surface area contributed by atoms with Crippen LogP contribution in [0.15, 0.2) is 17.3 Å². The number of aromatic hydroxyl groups is 1. The Bertz CT molecular complexity index is 671. The van der Waals surface area contributed by atoms with Gasteiger partial charge in [-0.05, 0) is 53.6 Å². The summed E-state index contributed by atoms with van der Waals surface area (Å²) in [5.41, 5.74) is 4.64. The molecule has 0 amide bonds. The summed E-state index contributed by atoms with van der Waals surface area (Å²) >= 11 is 1.75. The minimum atomic E-state index is -1.01. The SMILES string of the molecule is C[Si](C)(C)C1=[C-]CC=C1.Cc1c(C)c(O)c([Si])c(C(C)(C)C)c1C.Cl.Cl.[CH2]=[Ti+]. The van der Waals surface area contributed by atoms with Gasteiger partial charge in [0.2, 0.25) is 0 Å². The first kappa shape index (κ1) is 32.8. The number of benzene rings is 1. The number of rotatable bonds is 1. The fourth-order valence-corrected chi connectivity index (χ4v) is 5.00. The van der Waals surface area contributed by atoms with Gasteiger partial charge in [-0.2, -0.15) is 6.08 Å². The van der Waals surface area contributed by atoms with Gasteiger partial charge in [-0.25, -0.2) is 11.3 Å². The summed E-state index contributed by atoms with van der Waals surface area (Å²) in [5, 5.41) is 12.3. The third-order valence-corrected chi connectivity index (χ3v) is 7.04. The van der Waals surface area contributed by atoms with Crippen molar-refractivity contribution in [3.8, 4) is 5.75 Å². The molecule has 0 unspecified atom stereocenters. The van der Waals surface area contributed by atoms with Gasteiger partial charge in [-0.3, -0.25) is 6.08 Å². The van der Waals surface area contributed by atoms with E-state index in [9.17, 15) is 5.11 Å². The van der Waals surface area contributed by atoms with Crippen molar-refractivity contribution in [2.45, 2.75) is 73.0 Å². The Balaban J connectivity index is -0.000000416. The maximum atomic E-state index is 10.0. The van der Waals surface area contributed by atoms with E-state index in [1.54, 1.807) is 20.0 Å². The van der Waals surface area contributed by atoms with Gasteiger partial charge in [-0.15, -0.1) is 31.2 Å². The first-order valence-electron chi connectivity index (χ1n) is 8.96. The first-order chi connectivity index (χ1) is 11.8. The van der Waals surface area contributed by atoms with Crippen LogP contribution in [0.5, 0.6) is 5.75 Å². The van der Waals surface area contributed by atoms with E-state index in [-0.39, 0.29) is 30.2 Å². The van der Waals surface area contributed by atoms with Crippen molar-refractivity contribution in [1.82, 2.24) is 0 Å². The van der Waals surface area contributed by atoms with E-state index in [1.165, 1.54) is 21.9 Å². The van der Waals surface area contributed by atoms with Crippen LogP contribution in [0.2, 0.25) is 19.6 Å². The van der Waals surface area contributed by atoms with E-state index in [2.05, 4.69) is 87.5 Å². The molecule has 0 heterocycles. The molecule has 1 aromatic rings. The van der Waals surface area contributed by atoms with E-state index in [0.717, 1.165) is 17.2 Å². The van der Waals surface area contributed by atoms with Crippen molar-refractivity contribution in [1.29, 1.82) is 0 Å². The zero-order valence-electron chi connectivity index (χ0n) is 18.8. The van der Waals surface area contributed by atoms with Crippen LogP contribution in [0.4, 0.5) is 0 Å². The number of hydrogen-bond acceptors (Lipinski definition) is 1. The molecule has 0 bridgehead atoms. The zero-order chi connectivity index (χ0) is 20.9.